The van der Waals surface area contributed by atoms with Crippen LogP contribution in [0.25, 0.3) is 22.2 Å². The summed E-state index contributed by atoms with van der Waals surface area (Å²) < 4.78 is 5.67. The normalized spacial score (nSPS) is 11.0. The summed E-state index contributed by atoms with van der Waals surface area (Å²) in [4.78, 5) is 19.4. The molecule has 106 valence electrons. The number of aromatic amines is 1. The Balaban J connectivity index is 2.15. The molecule has 0 saturated carbocycles. The SMILES string of the molecule is COCc1nc(-c2ccc3ccccc3c2)[nH]c(=O)c1I. The number of hydrogen-bond donors (Lipinski definition) is 1. The summed E-state index contributed by atoms with van der Waals surface area (Å²) in [6.45, 7) is 0.322. The van der Waals surface area contributed by atoms with E-state index >= 15 is 0 Å². The molecule has 3 rings (SSSR count). The number of aromatic nitrogens is 2. The van der Waals surface area contributed by atoms with Crippen LogP contribution in [-0.4, -0.2) is 17.1 Å². The zero-order valence-corrected chi connectivity index (χ0v) is 13.5. The van der Waals surface area contributed by atoms with E-state index in [-0.39, 0.29) is 5.56 Å². The first kappa shape index (κ1) is 14.2. The van der Waals surface area contributed by atoms with Gasteiger partial charge in [-0.1, -0.05) is 36.4 Å². The van der Waals surface area contributed by atoms with Gasteiger partial charge in [-0.3, -0.25) is 4.79 Å². The molecular weight excluding hydrogens is 379 g/mol. The third-order valence-electron chi connectivity index (χ3n) is 3.24. The zero-order valence-electron chi connectivity index (χ0n) is 11.4. The van der Waals surface area contributed by atoms with Crippen LogP contribution in [0.3, 0.4) is 0 Å². The lowest BCUT2D eigenvalue weighted by Crippen LogP contribution is -2.16. The largest absolute Gasteiger partial charge is 0.378 e. The van der Waals surface area contributed by atoms with E-state index < -0.39 is 0 Å². The van der Waals surface area contributed by atoms with Crippen molar-refractivity contribution in [1.29, 1.82) is 0 Å². The molecule has 0 radical (unpaired) electrons. The number of halogens is 1. The van der Waals surface area contributed by atoms with Crippen LogP contribution in [0, 0.1) is 3.57 Å². The van der Waals surface area contributed by atoms with Crippen molar-refractivity contribution in [2.45, 2.75) is 6.61 Å². The van der Waals surface area contributed by atoms with Gasteiger partial charge in [-0.25, -0.2) is 4.98 Å². The smallest absolute Gasteiger partial charge is 0.264 e. The first-order valence-electron chi connectivity index (χ1n) is 6.46. The summed E-state index contributed by atoms with van der Waals surface area (Å²) in [6, 6.07) is 14.1. The molecule has 2 aromatic carbocycles. The number of hydrogen-bond acceptors (Lipinski definition) is 3. The van der Waals surface area contributed by atoms with Crippen LogP contribution in [0.4, 0.5) is 0 Å². The van der Waals surface area contributed by atoms with Gasteiger partial charge in [0, 0.05) is 12.7 Å². The number of H-pyrrole nitrogens is 1. The number of nitrogens with zero attached hydrogens (tertiary/aromatic N) is 1. The van der Waals surface area contributed by atoms with Gasteiger partial charge in [0.15, 0.2) is 0 Å². The highest BCUT2D eigenvalue weighted by atomic mass is 127. The highest BCUT2D eigenvalue weighted by molar-refractivity contribution is 14.1. The Morgan fingerprint density at radius 2 is 1.95 bits per heavy atom. The zero-order chi connectivity index (χ0) is 14.8. The quantitative estimate of drug-likeness (QED) is 0.696. The number of methoxy groups -OCH3 is 1. The Kier molecular flexibility index (Phi) is 4.03. The number of ether oxygens (including phenoxy) is 1. The monoisotopic (exact) mass is 392 g/mol. The predicted molar refractivity (Wildman–Crippen MR) is 91.2 cm³/mol. The maximum atomic E-state index is 12.0. The molecule has 4 nitrogen and oxygen atoms in total. The van der Waals surface area contributed by atoms with Crippen molar-refractivity contribution in [3.63, 3.8) is 0 Å². The molecule has 0 spiro atoms. The van der Waals surface area contributed by atoms with Crippen molar-refractivity contribution in [1.82, 2.24) is 9.97 Å². The minimum Gasteiger partial charge on any atom is -0.378 e. The Morgan fingerprint density at radius 3 is 2.71 bits per heavy atom. The second-order valence-electron chi connectivity index (χ2n) is 4.67. The van der Waals surface area contributed by atoms with Gasteiger partial charge in [-0.2, -0.15) is 0 Å². The molecule has 0 aliphatic heterocycles. The second kappa shape index (κ2) is 5.95. The number of nitrogens with one attached hydrogen (secondary N) is 1. The van der Waals surface area contributed by atoms with Crippen molar-refractivity contribution in [2.75, 3.05) is 7.11 Å². The fourth-order valence-corrected chi connectivity index (χ4v) is 2.62. The van der Waals surface area contributed by atoms with Crippen LogP contribution in [0.1, 0.15) is 5.69 Å². The van der Waals surface area contributed by atoms with Crippen LogP contribution in [-0.2, 0) is 11.3 Å². The minimum absolute atomic E-state index is 0.138. The van der Waals surface area contributed by atoms with E-state index in [1.807, 2.05) is 59.0 Å². The van der Waals surface area contributed by atoms with E-state index in [2.05, 4.69) is 16.0 Å². The molecule has 5 heteroatoms. The molecule has 0 saturated heterocycles. The predicted octanol–water partition coefficient (Wildman–Crippen LogP) is 3.34. The number of rotatable bonds is 3. The second-order valence-corrected chi connectivity index (χ2v) is 5.75. The maximum absolute atomic E-state index is 12.0. The van der Waals surface area contributed by atoms with Crippen LogP contribution in [0.5, 0.6) is 0 Å². The van der Waals surface area contributed by atoms with Gasteiger partial charge in [-0.05, 0) is 39.4 Å². The van der Waals surface area contributed by atoms with Gasteiger partial charge in [-0.15, -0.1) is 0 Å². The summed E-state index contributed by atoms with van der Waals surface area (Å²) >= 11 is 1.99. The molecule has 1 aromatic heterocycles. The van der Waals surface area contributed by atoms with Crippen molar-refractivity contribution in [3.05, 3.63) is 62.1 Å². The minimum atomic E-state index is -0.138. The van der Waals surface area contributed by atoms with Gasteiger partial charge in [0.25, 0.3) is 5.56 Å². The molecule has 0 unspecified atom stereocenters. The molecule has 0 atom stereocenters. The van der Waals surface area contributed by atoms with E-state index in [0.717, 1.165) is 16.3 Å². The number of fused-ring (bicyclic) bond motifs is 1. The lowest BCUT2D eigenvalue weighted by Gasteiger charge is -2.07. The Hall–Kier alpha value is -1.73. The highest BCUT2D eigenvalue weighted by Gasteiger charge is 2.10. The van der Waals surface area contributed by atoms with Gasteiger partial charge in [0.2, 0.25) is 0 Å². The average molecular weight is 392 g/mol. The Morgan fingerprint density at radius 1 is 1.19 bits per heavy atom. The van der Waals surface area contributed by atoms with E-state index in [9.17, 15) is 4.79 Å². The van der Waals surface area contributed by atoms with E-state index in [1.165, 1.54) is 0 Å². The molecule has 0 aliphatic carbocycles. The first-order chi connectivity index (χ1) is 10.2. The molecule has 0 aliphatic rings. The molecule has 1 heterocycles. The lowest BCUT2D eigenvalue weighted by molar-refractivity contribution is 0.180. The Labute approximate surface area is 135 Å². The third kappa shape index (κ3) is 2.84. The summed E-state index contributed by atoms with van der Waals surface area (Å²) in [7, 11) is 1.59. The van der Waals surface area contributed by atoms with Crippen LogP contribution >= 0.6 is 22.6 Å². The van der Waals surface area contributed by atoms with Crippen molar-refractivity contribution in [3.8, 4) is 11.4 Å². The van der Waals surface area contributed by atoms with Crippen molar-refractivity contribution >= 4 is 33.4 Å². The summed E-state index contributed by atoms with van der Waals surface area (Å²) in [6.07, 6.45) is 0. The molecule has 21 heavy (non-hydrogen) atoms. The summed E-state index contributed by atoms with van der Waals surface area (Å²) in [5.41, 5.74) is 1.41. The van der Waals surface area contributed by atoms with Crippen LogP contribution in [0.2, 0.25) is 0 Å². The first-order valence-corrected chi connectivity index (χ1v) is 7.53. The van der Waals surface area contributed by atoms with E-state index in [0.29, 0.717) is 21.7 Å². The summed E-state index contributed by atoms with van der Waals surface area (Å²) in [5, 5.41) is 2.27. The van der Waals surface area contributed by atoms with Gasteiger partial charge >= 0.3 is 0 Å². The fraction of sp³-hybridized carbons (Fsp3) is 0.125. The van der Waals surface area contributed by atoms with E-state index in [1.54, 1.807) is 7.11 Å². The molecule has 1 N–H and O–H groups in total. The van der Waals surface area contributed by atoms with Gasteiger partial charge in [0.05, 0.1) is 12.3 Å². The average Bonchev–Trinajstić information content (AvgIpc) is 2.51. The van der Waals surface area contributed by atoms with Gasteiger partial charge in [0.1, 0.15) is 9.39 Å². The van der Waals surface area contributed by atoms with Crippen LogP contribution < -0.4 is 5.56 Å². The number of benzene rings is 2. The topological polar surface area (TPSA) is 55.0 Å². The highest BCUT2D eigenvalue weighted by Crippen LogP contribution is 2.22. The maximum Gasteiger partial charge on any atom is 0.264 e. The van der Waals surface area contributed by atoms with Crippen molar-refractivity contribution < 1.29 is 4.74 Å². The molecule has 0 bridgehead atoms. The fourth-order valence-electron chi connectivity index (χ4n) is 2.21. The third-order valence-corrected chi connectivity index (χ3v) is 4.35. The van der Waals surface area contributed by atoms with E-state index in [4.69, 9.17) is 4.74 Å². The molecular formula is C16H13IN2O2. The van der Waals surface area contributed by atoms with Crippen molar-refractivity contribution in [2.24, 2.45) is 0 Å². The molecule has 3 aromatic rings. The summed E-state index contributed by atoms with van der Waals surface area (Å²) in [5.74, 6) is 0.568. The Bertz CT molecular complexity index is 858. The molecule has 0 fully saturated rings. The van der Waals surface area contributed by atoms with Crippen LogP contribution in [0.15, 0.2) is 47.3 Å². The lowest BCUT2D eigenvalue weighted by atomic mass is 10.1. The standard InChI is InChI=1S/C16H13IN2O2/c1-21-9-13-14(17)16(20)19-15(18-13)12-7-6-10-4-2-3-5-11(10)8-12/h2-8H,9H2,1H3,(H,18,19,20). The van der Waals surface area contributed by atoms with Gasteiger partial charge < -0.3 is 9.72 Å². The molecule has 0 amide bonds.